The van der Waals surface area contributed by atoms with Crippen LogP contribution in [0, 0.1) is 0 Å². The normalized spacial score (nSPS) is 20.1. The van der Waals surface area contributed by atoms with Crippen LogP contribution in [0.3, 0.4) is 0 Å². The fraction of sp³-hybridized carbons (Fsp3) is 0.500. The van der Waals surface area contributed by atoms with Gasteiger partial charge in [-0.3, -0.25) is 4.79 Å². The van der Waals surface area contributed by atoms with Crippen molar-refractivity contribution in [2.45, 2.75) is 32.4 Å². The molecule has 134 valence electrons. The van der Waals surface area contributed by atoms with E-state index in [1.54, 1.807) is 26.4 Å². The van der Waals surface area contributed by atoms with E-state index < -0.39 is 0 Å². The zero-order valence-electron chi connectivity index (χ0n) is 14.8. The van der Waals surface area contributed by atoms with Crippen LogP contribution in [0.4, 0.5) is 0 Å². The summed E-state index contributed by atoms with van der Waals surface area (Å²) in [4.78, 5) is 14.9. The highest BCUT2D eigenvalue weighted by atomic mass is 35.5. The summed E-state index contributed by atoms with van der Waals surface area (Å²) in [7, 11) is 3.19. The highest BCUT2D eigenvalue weighted by Crippen LogP contribution is 2.34. The van der Waals surface area contributed by atoms with Crippen molar-refractivity contribution in [1.82, 2.24) is 10.2 Å². The molecule has 0 spiro atoms. The lowest BCUT2D eigenvalue weighted by molar-refractivity contribution is 0.0602. The summed E-state index contributed by atoms with van der Waals surface area (Å²) in [6.45, 7) is 9.46. The first kappa shape index (κ1) is 20.3. The standard InChI is InChI=1S/C18H26N2O3.ClH/c1-6-7-14-10-15(11-16(22-4)17(14)23-5)18(21)20-9-8-19-12(2)13(20)3;/h6,10-13,19H,1,7-9H2,2-5H3;1H. The minimum atomic E-state index is 0. The maximum atomic E-state index is 13.0. The number of carbonyl (C=O) groups is 1. The van der Waals surface area contributed by atoms with Gasteiger partial charge in [-0.1, -0.05) is 6.08 Å². The zero-order valence-corrected chi connectivity index (χ0v) is 15.6. The van der Waals surface area contributed by atoms with E-state index in [0.29, 0.717) is 30.0 Å². The van der Waals surface area contributed by atoms with Crippen molar-refractivity contribution in [3.05, 3.63) is 35.9 Å². The number of methoxy groups -OCH3 is 2. The molecule has 0 aromatic heterocycles. The highest BCUT2D eigenvalue weighted by Gasteiger charge is 2.29. The summed E-state index contributed by atoms with van der Waals surface area (Å²) in [5.41, 5.74) is 1.53. The molecule has 1 N–H and O–H groups in total. The Labute approximate surface area is 150 Å². The van der Waals surface area contributed by atoms with Crippen LogP contribution in [0.5, 0.6) is 11.5 Å². The molecular weight excluding hydrogens is 328 g/mol. The molecule has 1 aliphatic heterocycles. The van der Waals surface area contributed by atoms with Crippen LogP contribution in [-0.4, -0.2) is 50.2 Å². The van der Waals surface area contributed by atoms with Gasteiger partial charge < -0.3 is 19.7 Å². The van der Waals surface area contributed by atoms with E-state index in [1.165, 1.54) is 0 Å². The van der Waals surface area contributed by atoms with Gasteiger partial charge in [0.2, 0.25) is 0 Å². The van der Waals surface area contributed by atoms with Crippen LogP contribution >= 0.6 is 12.4 Å². The van der Waals surface area contributed by atoms with Crippen molar-refractivity contribution in [3.63, 3.8) is 0 Å². The van der Waals surface area contributed by atoms with Crippen molar-refractivity contribution < 1.29 is 14.3 Å². The summed E-state index contributed by atoms with van der Waals surface area (Å²) in [6.07, 6.45) is 2.41. The predicted octanol–water partition coefficient (Wildman–Crippen LogP) is 2.68. The summed E-state index contributed by atoms with van der Waals surface area (Å²) in [6, 6.07) is 4.06. The van der Waals surface area contributed by atoms with Gasteiger partial charge in [0.25, 0.3) is 5.91 Å². The van der Waals surface area contributed by atoms with E-state index >= 15 is 0 Å². The molecule has 1 aliphatic rings. The number of carbonyl (C=O) groups excluding carboxylic acids is 1. The molecule has 2 unspecified atom stereocenters. The van der Waals surface area contributed by atoms with Crippen LogP contribution < -0.4 is 14.8 Å². The molecular formula is C18H27ClN2O3. The second-order valence-electron chi connectivity index (χ2n) is 5.85. The molecule has 1 amide bonds. The Bertz CT molecular complexity index is 592. The molecule has 1 saturated heterocycles. The Hall–Kier alpha value is -1.72. The first-order valence-corrected chi connectivity index (χ1v) is 7.93. The van der Waals surface area contributed by atoms with E-state index in [4.69, 9.17) is 9.47 Å². The minimum Gasteiger partial charge on any atom is -0.493 e. The van der Waals surface area contributed by atoms with Crippen molar-refractivity contribution in [2.75, 3.05) is 27.3 Å². The molecule has 0 saturated carbocycles. The molecule has 1 fully saturated rings. The van der Waals surface area contributed by atoms with Gasteiger partial charge >= 0.3 is 0 Å². The number of nitrogens with one attached hydrogen (secondary N) is 1. The van der Waals surface area contributed by atoms with Crippen molar-refractivity contribution >= 4 is 18.3 Å². The fourth-order valence-electron chi connectivity index (χ4n) is 2.98. The average molecular weight is 355 g/mol. The Morgan fingerprint density at radius 2 is 2.08 bits per heavy atom. The number of amides is 1. The number of ether oxygens (including phenoxy) is 2. The van der Waals surface area contributed by atoms with Gasteiger partial charge in [0.05, 0.1) is 14.2 Å². The highest BCUT2D eigenvalue weighted by molar-refractivity contribution is 5.95. The van der Waals surface area contributed by atoms with Gasteiger partial charge in [-0.25, -0.2) is 0 Å². The molecule has 0 bridgehead atoms. The Morgan fingerprint density at radius 1 is 1.38 bits per heavy atom. The number of rotatable bonds is 5. The molecule has 2 rings (SSSR count). The second-order valence-corrected chi connectivity index (χ2v) is 5.85. The summed E-state index contributed by atoms with van der Waals surface area (Å²) in [5.74, 6) is 1.26. The smallest absolute Gasteiger partial charge is 0.254 e. The van der Waals surface area contributed by atoms with Gasteiger partial charge in [0, 0.05) is 36.3 Å². The van der Waals surface area contributed by atoms with Crippen LogP contribution in [0.25, 0.3) is 0 Å². The van der Waals surface area contributed by atoms with E-state index in [0.717, 1.165) is 12.1 Å². The monoisotopic (exact) mass is 354 g/mol. The molecule has 2 atom stereocenters. The van der Waals surface area contributed by atoms with Gasteiger partial charge in [-0.15, -0.1) is 19.0 Å². The number of halogens is 1. The molecule has 1 aromatic carbocycles. The SMILES string of the molecule is C=CCc1cc(C(=O)N2CCNC(C)C2C)cc(OC)c1OC.Cl. The number of benzene rings is 1. The molecule has 5 nitrogen and oxygen atoms in total. The topological polar surface area (TPSA) is 50.8 Å². The Balaban J connectivity index is 0.00000288. The van der Waals surface area contributed by atoms with E-state index in [9.17, 15) is 4.79 Å². The summed E-state index contributed by atoms with van der Waals surface area (Å²) < 4.78 is 10.8. The van der Waals surface area contributed by atoms with Gasteiger partial charge in [-0.05, 0) is 32.4 Å². The number of hydrogen-bond acceptors (Lipinski definition) is 4. The lowest BCUT2D eigenvalue weighted by Gasteiger charge is -2.38. The molecule has 6 heteroatoms. The molecule has 1 aromatic rings. The van der Waals surface area contributed by atoms with Gasteiger partial charge in [0.1, 0.15) is 0 Å². The largest absolute Gasteiger partial charge is 0.493 e. The van der Waals surface area contributed by atoms with Gasteiger partial charge in [-0.2, -0.15) is 0 Å². The van der Waals surface area contributed by atoms with E-state index in [-0.39, 0.29) is 30.4 Å². The maximum Gasteiger partial charge on any atom is 0.254 e. The number of nitrogens with zero attached hydrogens (tertiary/aromatic N) is 1. The Morgan fingerprint density at radius 3 is 2.67 bits per heavy atom. The van der Waals surface area contributed by atoms with E-state index in [1.807, 2.05) is 11.0 Å². The third-order valence-corrected chi connectivity index (χ3v) is 4.46. The fourth-order valence-corrected chi connectivity index (χ4v) is 2.98. The first-order valence-electron chi connectivity index (χ1n) is 7.93. The number of piperazine rings is 1. The molecule has 24 heavy (non-hydrogen) atoms. The third-order valence-electron chi connectivity index (χ3n) is 4.46. The number of hydrogen-bond donors (Lipinski definition) is 1. The summed E-state index contributed by atoms with van der Waals surface area (Å²) in [5, 5.41) is 3.39. The summed E-state index contributed by atoms with van der Waals surface area (Å²) >= 11 is 0. The molecule has 1 heterocycles. The Kier molecular flexibility index (Phi) is 7.58. The van der Waals surface area contributed by atoms with E-state index in [2.05, 4.69) is 25.7 Å². The minimum absolute atomic E-state index is 0. The van der Waals surface area contributed by atoms with Crippen molar-refractivity contribution in [2.24, 2.45) is 0 Å². The van der Waals surface area contributed by atoms with Crippen LogP contribution in [-0.2, 0) is 6.42 Å². The zero-order chi connectivity index (χ0) is 17.0. The van der Waals surface area contributed by atoms with Gasteiger partial charge in [0.15, 0.2) is 11.5 Å². The second kappa shape index (κ2) is 8.94. The van der Waals surface area contributed by atoms with Crippen molar-refractivity contribution in [3.8, 4) is 11.5 Å². The average Bonchev–Trinajstić information content (AvgIpc) is 2.56. The molecule has 0 radical (unpaired) electrons. The van der Waals surface area contributed by atoms with Crippen molar-refractivity contribution in [1.29, 1.82) is 0 Å². The lowest BCUT2D eigenvalue weighted by atomic mass is 10.0. The van der Waals surface area contributed by atoms with Crippen LogP contribution in [0.1, 0.15) is 29.8 Å². The number of allylic oxidation sites excluding steroid dienone is 1. The first-order chi connectivity index (χ1) is 11.0. The molecule has 0 aliphatic carbocycles. The van der Waals surface area contributed by atoms with Crippen LogP contribution in [0.15, 0.2) is 24.8 Å². The third kappa shape index (κ3) is 4.02. The predicted molar refractivity (Wildman–Crippen MR) is 98.7 cm³/mol. The lowest BCUT2D eigenvalue weighted by Crippen LogP contribution is -2.57. The maximum absolute atomic E-state index is 13.0. The van der Waals surface area contributed by atoms with Crippen LogP contribution in [0.2, 0.25) is 0 Å². The quantitative estimate of drug-likeness (QED) is 0.826.